The largest absolute Gasteiger partial charge is 0.261 e. The Hall–Kier alpha value is -1.98. The number of hydrazine groups is 1. The Balaban J connectivity index is 1.53. The van der Waals surface area contributed by atoms with E-state index in [1.54, 1.807) is 11.3 Å². The highest BCUT2D eigenvalue weighted by Gasteiger charge is 2.38. The molecular formula is C19H20N4S. The van der Waals surface area contributed by atoms with Crippen LogP contribution in [0.1, 0.15) is 32.3 Å². The van der Waals surface area contributed by atoms with Crippen molar-refractivity contribution in [1.82, 2.24) is 15.0 Å². The predicted octanol–water partition coefficient (Wildman–Crippen LogP) is 4.18. The van der Waals surface area contributed by atoms with Crippen LogP contribution in [0.5, 0.6) is 0 Å². The molecule has 122 valence electrons. The summed E-state index contributed by atoms with van der Waals surface area (Å²) >= 11 is 1.69. The third kappa shape index (κ3) is 2.15. The molecule has 0 unspecified atom stereocenters. The number of aliphatic imine (C=N–C) groups is 1. The summed E-state index contributed by atoms with van der Waals surface area (Å²) in [4.78, 5) is 9.40. The first-order valence-electron chi connectivity index (χ1n) is 8.59. The van der Waals surface area contributed by atoms with E-state index in [-0.39, 0.29) is 0 Å². The van der Waals surface area contributed by atoms with Crippen LogP contribution in [0, 0.1) is 5.92 Å². The molecule has 0 spiro atoms. The molecule has 3 aliphatic rings. The lowest BCUT2D eigenvalue weighted by Gasteiger charge is -2.37. The zero-order chi connectivity index (χ0) is 16.3. The molecule has 1 aromatic heterocycles. The van der Waals surface area contributed by atoms with Gasteiger partial charge in [-0.3, -0.25) is 5.01 Å². The maximum atomic E-state index is 4.97. The number of thiazole rings is 1. The molecule has 1 aliphatic carbocycles. The van der Waals surface area contributed by atoms with Crippen molar-refractivity contribution in [3.8, 4) is 0 Å². The van der Waals surface area contributed by atoms with Crippen LogP contribution in [-0.2, 0) is 0 Å². The number of aromatic nitrogens is 1. The van der Waals surface area contributed by atoms with Crippen molar-refractivity contribution in [3.63, 3.8) is 0 Å². The van der Waals surface area contributed by atoms with Gasteiger partial charge < -0.3 is 0 Å². The summed E-state index contributed by atoms with van der Waals surface area (Å²) in [7, 11) is 0. The van der Waals surface area contributed by atoms with Crippen LogP contribution in [0.2, 0.25) is 0 Å². The van der Waals surface area contributed by atoms with Gasteiger partial charge >= 0.3 is 0 Å². The number of benzene rings is 1. The maximum absolute atomic E-state index is 4.97. The molecule has 1 aromatic carbocycles. The average Bonchev–Trinajstić information content (AvgIpc) is 3.16. The van der Waals surface area contributed by atoms with Crippen LogP contribution in [-0.4, -0.2) is 33.3 Å². The monoisotopic (exact) mass is 336 g/mol. The highest BCUT2D eigenvalue weighted by molar-refractivity contribution is 7.17. The van der Waals surface area contributed by atoms with E-state index in [4.69, 9.17) is 4.99 Å². The van der Waals surface area contributed by atoms with E-state index < -0.39 is 0 Å². The molecule has 5 heteroatoms. The minimum Gasteiger partial charge on any atom is -0.261 e. The third-order valence-electron chi connectivity index (χ3n) is 5.26. The molecule has 0 saturated heterocycles. The van der Waals surface area contributed by atoms with Crippen molar-refractivity contribution in [3.05, 3.63) is 52.9 Å². The molecule has 2 aromatic rings. The van der Waals surface area contributed by atoms with Gasteiger partial charge in [-0.25, -0.2) is 15.0 Å². The summed E-state index contributed by atoms with van der Waals surface area (Å²) in [6, 6.07) is 6.87. The first-order chi connectivity index (χ1) is 11.7. The fourth-order valence-electron chi connectivity index (χ4n) is 3.76. The molecule has 0 N–H and O–H groups in total. The van der Waals surface area contributed by atoms with Gasteiger partial charge in [0.1, 0.15) is 5.82 Å². The Morgan fingerprint density at radius 3 is 3.00 bits per heavy atom. The lowest BCUT2D eigenvalue weighted by Crippen LogP contribution is -2.44. The van der Waals surface area contributed by atoms with Crippen molar-refractivity contribution >= 4 is 27.3 Å². The summed E-state index contributed by atoms with van der Waals surface area (Å²) in [5.74, 6) is 1.92. The topological polar surface area (TPSA) is 31.7 Å². The van der Waals surface area contributed by atoms with Crippen LogP contribution >= 0.6 is 11.3 Å². The minimum atomic E-state index is 0.587. The van der Waals surface area contributed by atoms with E-state index in [1.807, 2.05) is 5.51 Å². The van der Waals surface area contributed by atoms with E-state index in [2.05, 4.69) is 59.2 Å². The fourth-order valence-corrected chi connectivity index (χ4v) is 4.57. The van der Waals surface area contributed by atoms with Crippen molar-refractivity contribution < 1.29 is 0 Å². The average molecular weight is 336 g/mol. The van der Waals surface area contributed by atoms with Gasteiger partial charge in [-0.05, 0) is 50.8 Å². The van der Waals surface area contributed by atoms with Crippen LogP contribution in [0.25, 0.3) is 10.2 Å². The number of rotatable bonds is 3. The molecule has 0 amide bonds. The Morgan fingerprint density at radius 2 is 2.17 bits per heavy atom. The Kier molecular flexibility index (Phi) is 3.15. The van der Waals surface area contributed by atoms with Gasteiger partial charge in [0.25, 0.3) is 0 Å². The van der Waals surface area contributed by atoms with Crippen molar-refractivity contribution in [2.75, 3.05) is 6.54 Å². The molecule has 1 saturated carbocycles. The van der Waals surface area contributed by atoms with Gasteiger partial charge in [0.2, 0.25) is 0 Å². The maximum Gasteiger partial charge on any atom is 0.145 e. The highest BCUT2D eigenvalue weighted by atomic mass is 32.1. The summed E-state index contributed by atoms with van der Waals surface area (Å²) in [6.07, 6.45) is 7.20. The van der Waals surface area contributed by atoms with Crippen LogP contribution in [0.4, 0.5) is 0 Å². The third-order valence-corrected chi connectivity index (χ3v) is 6.13. The molecule has 24 heavy (non-hydrogen) atoms. The second-order valence-corrected chi connectivity index (χ2v) is 7.72. The quantitative estimate of drug-likeness (QED) is 0.843. The van der Waals surface area contributed by atoms with Crippen LogP contribution in [0.3, 0.4) is 0 Å². The minimum absolute atomic E-state index is 0.587. The molecule has 5 rings (SSSR count). The second kappa shape index (κ2) is 5.26. The molecule has 1 atom stereocenters. The summed E-state index contributed by atoms with van der Waals surface area (Å²) in [6.45, 7) is 5.49. The number of allylic oxidation sites excluding steroid dienone is 2. The lowest BCUT2D eigenvalue weighted by molar-refractivity contribution is 0.0236. The standard InChI is InChI=1S/C19H20N4S/c1-12-10-17(15-4-3-5-16-19(15)24-11-20-16)21-18-8-9-22(23(12)18)13(2)14-6-7-14/h3-5,8,10-11,13-14H,6-7,9H2,1-2H3/t13-/m0/s1. The zero-order valence-electron chi connectivity index (χ0n) is 13.9. The first kappa shape index (κ1) is 14.4. The van der Waals surface area contributed by atoms with Crippen molar-refractivity contribution in [1.29, 1.82) is 0 Å². The zero-order valence-corrected chi connectivity index (χ0v) is 14.8. The van der Waals surface area contributed by atoms with Gasteiger partial charge in [0.05, 0.1) is 21.4 Å². The molecule has 4 nitrogen and oxygen atoms in total. The fraction of sp³-hybridized carbons (Fsp3) is 0.368. The SMILES string of the molecule is CC1=CC(c2cccc3ncsc23)=NC2=CCN([C@@H](C)C3CC3)N12. The molecule has 0 radical (unpaired) electrons. The number of fused-ring (bicyclic) bond motifs is 2. The molecule has 0 bridgehead atoms. The van der Waals surface area contributed by atoms with Crippen molar-refractivity contribution in [2.24, 2.45) is 10.9 Å². The van der Waals surface area contributed by atoms with Crippen LogP contribution < -0.4 is 0 Å². The van der Waals surface area contributed by atoms with Gasteiger partial charge in [-0.1, -0.05) is 12.1 Å². The van der Waals surface area contributed by atoms with Gasteiger partial charge in [0.15, 0.2) is 0 Å². The Morgan fingerprint density at radius 1 is 1.29 bits per heavy atom. The Bertz CT molecular complexity index is 903. The van der Waals surface area contributed by atoms with Gasteiger partial charge in [-0.15, -0.1) is 11.3 Å². The summed E-state index contributed by atoms with van der Waals surface area (Å²) < 4.78 is 1.22. The summed E-state index contributed by atoms with van der Waals surface area (Å²) in [5.41, 5.74) is 6.44. The molecule has 1 fully saturated rings. The smallest absolute Gasteiger partial charge is 0.145 e. The first-order valence-corrected chi connectivity index (χ1v) is 9.47. The van der Waals surface area contributed by atoms with E-state index >= 15 is 0 Å². The second-order valence-electron chi connectivity index (χ2n) is 6.86. The van der Waals surface area contributed by atoms with Crippen LogP contribution in [0.15, 0.2) is 52.4 Å². The lowest BCUT2D eigenvalue weighted by atomic mass is 10.1. The van der Waals surface area contributed by atoms with Gasteiger partial charge in [-0.2, -0.15) is 0 Å². The van der Waals surface area contributed by atoms with E-state index in [0.29, 0.717) is 6.04 Å². The van der Waals surface area contributed by atoms with E-state index in [9.17, 15) is 0 Å². The predicted molar refractivity (Wildman–Crippen MR) is 98.7 cm³/mol. The molecule has 2 aliphatic heterocycles. The molecule has 3 heterocycles. The van der Waals surface area contributed by atoms with E-state index in [0.717, 1.165) is 29.5 Å². The Labute approximate surface area is 145 Å². The molecular weight excluding hydrogens is 316 g/mol. The van der Waals surface area contributed by atoms with E-state index in [1.165, 1.54) is 28.8 Å². The summed E-state index contributed by atoms with van der Waals surface area (Å²) in [5, 5.41) is 4.77. The van der Waals surface area contributed by atoms with Gasteiger partial charge in [0, 0.05) is 23.8 Å². The number of hydrogen-bond donors (Lipinski definition) is 0. The number of nitrogens with zero attached hydrogens (tertiary/aromatic N) is 4. The number of hydrogen-bond acceptors (Lipinski definition) is 5. The highest BCUT2D eigenvalue weighted by Crippen LogP contribution is 2.39. The van der Waals surface area contributed by atoms with Crippen molar-refractivity contribution in [2.45, 2.75) is 32.7 Å². The normalized spacial score (nSPS) is 22.2.